The minimum Gasteiger partial charge on any atom is -0.489 e. The van der Waals surface area contributed by atoms with E-state index < -0.39 is 0 Å². The summed E-state index contributed by atoms with van der Waals surface area (Å²) in [5, 5.41) is 6.75. The van der Waals surface area contributed by atoms with Gasteiger partial charge >= 0.3 is 0 Å². The molecule has 0 aliphatic carbocycles. The van der Waals surface area contributed by atoms with E-state index in [1.165, 1.54) is 0 Å². The van der Waals surface area contributed by atoms with Crippen molar-refractivity contribution in [2.45, 2.75) is 32.4 Å². The first-order valence-electron chi connectivity index (χ1n) is 9.37. The third-order valence-corrected chi connectivity index (χ3v) is 5.99. The van der Waals surface area contributed by atoms with E-state index in [2.05, 4.69) is 10.6 Å². The molecule has 1 atom stereocenters. The van der Waals surface area contributed by atoms with Crippen molar-refractivity contribution in [3.63, 3.8) is 0 Å². The third kappa shape index (κ3) is 4.02. The monoisotopic (exact) mass is 394 g/mol. The number of benzene rings is 2. The zero-order valence-electron chi connectivity index (χ0n) is 15.7. The predicted molar refractivity (Wildman–Crippen MR) is 111 cm³/mol. The van der Waals surface area contributed by atoms with Gasteiger partial charge in [0.2, 0.25) is 5.91 Å². The smallest absolute Gasteiger partial charge is 0.253 e. The summed E-state index contributed by atoms with van der Waals surface area (Å²) < 4.78 is 6.98. The van der Waals surface area contributed by atoms with Crippen molar-refractivity contribution >= 4 is 33.2 Å². The van der Waals surface area contributed by atoms with Gasteiger partial charge in [0.15, 0.2) is 0 Å². The van der Waals surface area contributed by atoms with Crippen LogP contribution in [0.4, 0.5) is 0 Å². The summed E-state index contributed by atoms with van der Waals surface area (Å²) in [6, 6.07) is 15.9. The van der Waals surface area contributed by atoms with Crippen LogP contribution >= 0.6 is 11.3 Å². The highest BCUT2D eigenvalue weighted by molar-refractivity contribution is 7.19. The first kappa shape index (κ1) is 18.5. The lowest BCUT2D eigenvalue weighted by molar-refractivity contribution is -0.119. The quantitative estimate of drug-likeness (QED) is 0.668. The van der Waals surface area contributed by atoms with Crippen molar-refractivity contribution in [2.24, 2.45) is 0 Å². The second kappa shape index (κ2) is 8.02. The highest BCUT2D eigenvalue weighted by atomic mass is 32.1. The molecule has 1 saturated heterocycles. The summed E-state index contributed by atoms with van der Waals surface area (Å²) in [4.78, 5) is 25.1. The molecule has 2 aromatic carbocycles. The lowest BCUT2D eigenvalue weighted by Gasteiger charge is -2.12. The topological polar surface area (TPSA) is 67.4 Å². The SMILES string of the molecule is Cc1sc2ccc(OCc3ccccc3)cc2c1C(=O)NCC1CCC(=O)N1. The highest BCUT2D eigenvalue weighted by Gasteiger charge is 2.23. The second-order valence-electron chi connectivity index (χ2n) is 6.98. The van der Waals surface area contributed by atoms with Gasteiger partial charge in [0.05, 0.1) is 5.56 Å². The zero-order valence-corrected chi connectivity index (χ0v) is 16.5. The molecule has 28 heavy (non-hydrogen) atoms. The van der Waals surface area contributed by atoms with Gasteiger partial charge in [-0.05, 0) is 37.1 Å². The van der Waals surface area contributed by atoms with E-state index in [-0.39, 0.29) is 17.9 Å². The lowest BCUT2D eigenvalue weighted by Crippen LogP contribution is -2.38. The summed E-state index contributed by atoms with van der Waals surface area (Å²) >= 11 is 1.60. The summed E-state index contributed by atoms with van der Waals surface area (Å²) in [6.07, 6.45) is 1.29. The molecule has 6 heteroatoms. The number of amides is 2. The van der Waals surface area contributed by atoms with Crippen LogP contribution in [0.3, 0.4) is 0 Å². The summed E-state index contributed by atoms with van der Waals surface area (Å²) in [6.45, 7) is 2.89. The molecule has 2 N–H and O–H groups in total. The molecule has 4 rings (SSSR count). The van der Waals surface area contributed by atoms with Crippen molar-refractivity contribution in [1.82, 2.24) is 10.6 Å². The normalized spacial score (nSPS) is 16.2. The second-order valence-corrected chi connectivity index (χ2v) is 8.23. The number of ether oxygens (including phenoxy) is 1. The van der Waals surface area contributed by atoms with Gasteiger partial charge in [0.1, 0.15) is 12.4 Å². The molecular formula is C22H22N2O3S. The Morgan fingerprint density at radius 2 is 2.07 bits per heavy atom. The van der Waals surface area contributed by atoms with E-state index in [0.717, 1.165) is 32.7 Å². The van der Waals surface area contributed by atoms with E-state index in [0.29, 0.717) is 25.1 Å². The first-order chi connectivity index (χ1) is 13.6. The molecule has 0 saturated carbocycles. The van der Waals surface area contributed by atoms with Gasteiger partial charge in [-0.15, -0.1) is 11.3 Å². The Bertz CT molecular complexity index is 1010. The average Bonchev–Trinajstić information content (AvgIpc) is 3.27. The Kier molecular flexibility index (Phi) is 5.30. The molecule has 0 radical (unpaired) electrons. The van der Waals surface area contributed by atoms with Gasteiger partial charge in [-0.3, -0.25) is 9.59 Å². The molecule has 1 fully saturated rings. The zero-order chi connectivity index (χ0) is 19.5. The molecule has 144 valence electrons. The molecule has 3 aromatic rings. The van der Waals surface area contributed by atoms with Crippen LogP contribution in [0.5, 0.6) is 5.75 Å². The highest BCUT2D eigenvalue weighted by Crippen LogP contribution is 2.33. The van der Waals surface area contributed by atoms with Gasteiger partial charge in [0.25, 0.3) is 5.91 Å². The summed E-state index contributed by atoms with van der Waals surface area (Å²) in [5.41, 5.74) is 1.79. The largest absolute Gasteiger partial charge is 0.489 e. The molecular weight excluding hydrogens is 372 g/mol. The van der Waals surface area contributed by atoms with Crippen molar-refractivity contribution in [3.05, 3.63) is 64.5 Å². The van der Waals surface area contributed by atoms with Crippen LogP contribution in [-0.4, -0.2) is 24.4 Å². The Labute approximate surface area is 167 Å². The minimum atomic E-state index is -0.106. The molecule has 1 unspecified atom stereocenters. The minimum absolute atomic E-state index is 0.0198. The van der Waals surface area contributed by atoms with Crippen LogP contribution < -0.4 is 15.4 Å². The number of carbonyl (C=O) groups is 2. The third-order valence-electron chi connectivity index (χ3n) is 4.90. The lowest BCUT2D eigenvalue weighted by atomic mass is 10.1. The molecule has 2 heterocycles. The molecule has 1 aliphatic heterocycles. The van der Waals surface area contributed by atoms with E-state index in [4.69, 9.17) is 4.74 Å². The molecule has 5 nitrogen and oxygen atoms in total. The molecule has 0 bridgehead atoms. The van der Waals surface area contributed by atoms with Crippen LogP contribution in [0.2, 0.25) is 0 Å². The van der Waals surface area contributed by atoms with Crippen molar-refractivity contribution in [1.29, 1.82) is 0 Å². The fourth-order valence-electron chi connectivity index (χ4n) is 3.45. The van der Waals surface area contributed by atoms with E-state index in [1.807, 2.05) is 55.5 Å². The Balaban J connectivity index is 1.49. The maximum Gasteiger partial charge on any atom is 0.253 e. The molecule has 0 spiro atoms. The summed E-state index contributed by atoms with van der Waals surface area (Å²) in [7, 11) is 0. The molecule has 1 aliphatic rings. The van der Waals surface area contributed by atoms with Crippen molar-refractivity contribution in [3.8, 4) is 5.75 Å². The van der Waals surface area contributed by atoms with Crippen LogP contribution in [0.1, 0.15) is 33.6 Å². The maximum atomic E-state index is 12.8. The predicted octanol–water partition coefficient (Wildman–Crippen LogP) is 3.80. The van der Waals surface area contributed by atoms with Gasteiger partial charge in [-0.25, -0.2) is 0 Å². The van der Waals surface area contributed by atoms with Gasteiger partial charge in [-0.1, -0.05) is 30.3 Å². The fraction of sp³-hybridized carbons (Fsp3) is 0.273. The Hall–Kier alpha value is -2.86. The number of nitrogens with one attached hydrogen (secondary N) is 2. The Morgan fingerprint density at radius 3 is 2.82 bits per heavy atom. The van der Waals surface area contributed by atoms with E-state index >= 15 is 0 Å². The van der Waals surface area contributed by atoms with Crippen molar-refractivity contribution < 1.29 is 14.3 Å². The standard InChI is InChI=1S/C22H22N2O3S/c1-14-21(22(26)23-12-16-7-10-20(25)24-16)18-11-17(8-9-19(18)28-14)27-13-15-5-3-2-4-6-15/h2-6,8-9,11,16H,7,10,12-13H2,1H3,(H,23,26)(H,24,25). The Morgan fingerprint density at radius 1 is 1.25 bits per heavy atom. The van der Waals surface area contributed by atoms with Crippen LogP contribution in [0, 0.1) is 6.92 Å². The average molecular weight is 394 g/mol. The van der Waals surface area contributed by atoms with E-state index in [1.54, 1.807) is 11.3 Å². The fourth-order valence-corrected chi connectivity index (χ4v) is 4.49. The van der Waals surface area contributed by atoms with Gasteiger partial charge < -0.3 is 15.4 Å². The number of hydrogen-bond acceptors (Lipinski definition) is 4. The molecule has 2 amide bonds. The maximum absolute atomic E-state index is 12.8. The first-order valence-corrected chi connectivity index (χ1v) is 10.2. The number of aryl methyl sites for hydroxylation is 1. The molecule has 1 aromatic heterocycles. The number of carbonyl (C=O) groups excluding carboxylic acids is 2. The number of hydrogen-bond donors (Lipinski definition) is 2. The van der Waals surface area contributed by atoms with Crippen LogP contribution in [0.15, 0.2) is 48.5 Å². The number of fused-ring (bicyclic) bond motifs is 1. The number of thiophene rings is 1. The summed E-state index contributed by atoms with van der Waals surface area (Å²) in [5.74, 6) is 0.688. The van der Waals surface area contributed by atoms with Gasteiger partial charge in [-0.2, -0.15) is 0 Å². The van der Waals surface area contributed by atoms with Crippen LogP contribution in [0.25, 0.3) is 10.1 Å². The van der Waals surface area contributed by atoms with E-state index in [9.17, 15) is 9.59 Å². The van der Waals surface area contributed by atoms with Gasteiger partial charge in [0, 0.05) is 34.0 Å². The van der Waals surface area contributed by atoms with Crippen molar-refractivity contribution in [2.75, 3.05) is 6.54 Å². The number of rotatable bonds is 6. The van der Waals surface area contributed by atoms with Crippen LogP contribution in [-0.2, 0) is 11.4 Å².